The van der Waals surface area contributed by atoms with Crippen molar-refractivity contribution in [2.45, 2.75) is 25.9 Å². The fraction of sp³-hybridized carbons (Fsp3) is 0.360. The maximum Gasteiger partial charge on any atom is 0.328 e. The fourth-order valence-corrected chi connectivity index (χ4v) is 4.74. The van der Waals surface area contributed by atoms with E-state index in [1.165, 1.54) is 14.2 Å². The topological polar surface area (TPSA) is 153 Å². The number of rotatable bonds is 8. The molecule has 6 amide bonds. The average molecular weight is 513 g/mol. The Morgan fingerprint density at radius 1 is 0.676 bits per heavy atom. The quantitative estimate of drug-likeness (QED) is 0.392. The molecular formula is C25H28N4O8. The number of benzene rings is 2. The highest BCUT2D eigenvalue weighted by atomic mass is 16.5. The molecule has 37 heavy (non-hydrogen) atoms. The van der Waals surface area contributed by atoms with E-state index in [9.17, 15) is 19.2 Å². The number of urea groups is 2. The van der Waals surface area contributed by atoms with Crippen molar-refractivity contribution in [3.05, 3.63) is 47.5 Å². The van der Waals surface area contributed by atoms with Gasteiger partial charge in [-0.2, -0.15) is 0 Å². The van der Waals surface area contributed by atoms with Crippen LogP contribution < -0.4 is 40.2 Å². The molecular weight excluding hydrogens is 484 g/mol. The maximum atomic E-state index is 13.6. The van der Waals surface area contributed by atoms with Crippen LogP contribution in [0, 0.1) is 5.41 Å². The van der Waals surface area contributed by atoms with Crippen molar-refractivity contribution in [2.75, 3.05) is 27.4 Å². The molecule has 12 heteroatoms. The number of hydrogen-bond acceptors (Lipinski definition) is 8. The standard InChI is InChI=1S/C25H28N4O8/c1-5-36-15-9-7-13(11-17(15)34-3)19-25(21(30)28-24(33)29-22(25)31)20(27-23(32)26-19)14-8-10-16(37-6-2)18(12-14)35-4/h7-12,19-20H,5-6H2,1-4H3,(H2,26,27,32)(H2,28,29,30,31,33)/t19-,20-/m1/s1. The van der Waals surface area contributed by atoms with Crippen LogP contribution in [-0.2, 0) is 9.59 Å². The van der Waals surface area contributed by atoms with E-state index < -0.39 is 41.4 Å². The molecule has 4 N–H and O–H groups in total. The van der Waals surface area contributed by atoms with Crippen LogP contribution in [-0.4, -0.2) is 51.3 Å². The van der Waals surface area contributed by atoms with E-state index in [4.69, 9.17) is 18.9 Å². The first-order valence-corrected chi connectivity index (χ1v) is 11.6. The number of amides is 6. The van der Waals surface area contributed by atoms with Crippen LogP contribution in [0.4, 0.5) is 9.59 Å². The van der Waals surface area contributed by atoms with Gasteiger partial charge >= 0.3 is 12.1 Å². The predicted molar refractivity (Wildman–Crippen MR) is 130 cm³/mol. The van der Waals surface area contributed by atoms with Crippen molar-refractivity contribution in [1.82, 2.24) is 21.3 Å². The lowest BCUT2D eigenvalue weighted by atomic mass is 9.65. The zero-order valence-electron chi connectivity index (χ0n) is 20.8. The fourth-order valence-electron chi connectivity index (χ4n) is 4.74. The molecule has 2 atom stereocenters. The number of carbonyl (C=O) groups excluding carboxylic acids is 4. The third kappa shape index (κ3) is 4.34. The van der Waals surface area contributed by atoms with E-state index >= 15 is 0 Å². The number of barbiturate groups is 1. The SMILES string of the molecule is CCOc1ccc([C@H]2NC(=O)N[C@H](c3ccc(OCC)c(OC)c3)C23C(=O)NC(=O)NC3=O)cc1OC. The normalized spacial score (nSPS) is 20.3. The minimum atomic E-state index is -2.02. The zero-order chi connectivity index (χ0) is 26.7. The number of nitrogens with one attached hydrogen (secondary N) is 4. The third-order valence-corrected chi connectivity index (χ3v) is 6.31. The number of methoxy groups -OCH3 is 2. The molecule has 12 nitrogen and oxygen atoms in total. The number of imide groups is 2. The van der Waals surface area contributed by atoms with Gasteiger partial charge < -0.3 is 29.6 Å². The molecule has 0 aromatic heterocycles. The molecule has 0 bridgehead atoms. The van der Waals surface area contributed by atoms with Gasteiger partial charge in [0.25, 0.3) is 0 Å². The lowest BCUT2D eigenvalue weighted by molar-refractivity contribution is -0.150. The molecule has 0 radical (unpaired) electrons. The van der Waals surface area contributed by atoms with Crippen molar-refractivity contribution in [3.8, 4) is 23.0 Å². The molecule has 2 aromatic rings. The van der Waals surface area contributed by atoms with E-state index in [1.54, 1.807) is 36.4 Å². The van der Waals surface area contributed by atoms with Gasteiger partial charge in [0.15, 0.2) is 28.4 Å². The molecule has 0 aliphatic carbocycles. The highest BCUT2D eigenvalue weighted by molar-refractivity contribution is 6.21. The van der Waals surface area contributed by atoms with E-state index in [1.807, 2.05) is 13.8 Å². The summed E-state index contributed by atoms with van der Waals surface area (Å²) in [6.07, 6.45) is 0. The van der Waals surface area contributed by atoms with Gasteiger partial charge in [-0.15, -0.1) is 0 Å². The molecule has 2 saturated heterocycles. The summed E-state index contributed by atoms with van der Waals surface area (Å²) in [5.74, 6) is -0.190. The van der Waals surface area contributed by atoms with E-state index in [0.29, 0.717) is 47.3 Å². The highest BCUT2D eigenvalue weighted by Gasteiger charge is 2.64. The summed E-state index contributed by atoms with van der Waals surface area (Å²) in [6.45, 7) is 4.41. The first-order chi connectivity index (χ1) is 17.8. The van der Waals surface area contributed by atoms with Crippen LogP contribution in [0.5, 0.6) is 23.0 Å². The van der Waals surface area contributed by atoms with Crippen LogP contribution in [0.2, 0.25) is 0 Å². The largest absolute Gasteiger partial charge is 0.493 e. The number of hydrogen-bond donors (Lipinski definition) is 4. The van der Waals surface area contributed by atoms with Gasteiger partial charge in [0.2, 0.25) is 11.8 Å². The second-order valence-corrected chi connectivity index (χ2v) is 8.28. The molecule has 2 aliphatic rings. The first kappa shape index (κ1) is 25.6. The Balaban J connectivity index is 1.92. The summed E-state index contributed by atoms with van der Waals surface area (Å²) in [5.41, 5.74) is -1.24. The van der Waals surface area contributed by atoms with Crippen LogP contribution in [0.15, 0.2) is 36.4 Å². The lowest BCUT2D eigenvalue weighted by Gasteiger charge is -2.48. The Morgan fingerprint density at radius 3 is 1.49 bits per heavy atom. The molecule has 2 aliphatic heterocycles. The zero-order valence-corrected chi connectivity index (χ0v) is 20.8. The van der Waals surface area contributed by atoms with Crippen LogP contribution in [0.1, 0.15) is 37.1 Å². The van der Waals surface area contributed by atoms with Gasteiger partial charge in [-0.3, -0.25) is 20.2 Å². The molecule has 2 aromatic carbocycles. The monoisotopic (exact) mass is 512 g/mol. The van der Waals surface area contributed by atoms with Gasteiger partial charge in [-0.1, -0.05) is 12.1 Å². The summed E-state index contributed by atoms with van der Waals surface area (Å²) < 4.78 is 22.0. The first-order valence-electron chi connectivity index (χ1n) is 11.6. The lowest BCUT2D eigenvalue weighted by Crippen LogP contribution is -2.73. The van der Waals surface area contributed by atoms with Crippen molar-refractivity contribution >= 4 is 23.9 Å². The molecule has 4 rings (SSSR count). The van der Waals surface area contributed by atoms with Gasteiger partial charge in [0.05, 0.1) is 39.5 Å². The molecule has 2 fully saturated rings. The number of carbonyl (C=O) groups is 4. The highest BCUT2D eigenvalue weighted by Crippen LogP contribution is 2.50. The van der Waals surface area contributed by atoms with Crippen molar-refractivity contribution in [2.24, 2.45) is 5.41 Å². The second-order valence-electron chi connectivity index (χ2n) is 8.28. The van der Waals surface area contributed by atoms with Crippen molar-refractivity contribution in [1.29, 1.82) is 0 Å². The van der Waals surface area contributed by atoms with Gasteiger partial charge in [0.1, 0.15) is 0 Å². The van der Waals surface area contributed by atoms with Crippen molar-refractivity contribution < 1.29 is 38.1 Å². The summed E-state index contributed by atoms with van der Waals surface area (Å²) in [6, 6.07) is 5.68. The molecule has 0 unspecified atom stereocenters. The van der Waals surface area contributed by atoms with E-state index in [2.05, 4.69) is 21.3 Å². The van der Waals surface area contributed by atoms with E-state index in [0.717, 1.165) is 0 Å². The molecule has 0 saturated carbocycles. The molecule has 196 valence electrons. The Morgan fingerprint density at radius 2 is 1.11 bits per heavy atom. The van der Waals surface area contributed by atoms with Crippen molar-refractivity contribution in [3.63, 3.8) is 0 Å². The van der Waals surface area contributed by atoms with E-state index in [-0.39, 0.29) is 0 Å². The number of ether oxygens (including phenoxy) is 4. The maximum absolute atomic E-state index is 13.6. The molecule has 1 spiro atoms. The predicted octanol–water partition coefficient (Wildman–Crippen LogP) is 1.95. The van der Waals surface area contributed by atoms with Crippen LogP contribution in [0.3, 0.4) is 0 Å². The smallest absolute Gasteiger partial charge is 0.328 e. The van der Waals surface area contributed by atoms with Gasteiger partial charge in [0, 0.05) is 0 Å². The molecule has 2 heterocycles. The van der Waals surface area contributed by atoms with Crippen LogP contribution >= 0.6 is 0 Å². The van der Waals surface area contributed by atoms with Gasteiger partial charge in [-0.05, 0) is 49.2 Å². The summed E-state index contributed by atoms with van der Waals surface area (Å²) in [7, 11) is 2.90. The second kappa shape index (κ2) is 10.2. The summed E-state index contributed by atoms with van der Waals surface area (Å²) >= 11 is 0. The third-order valence-electron chi connectivity index (χ3n) is 6.31. The Kier molecular flexibility index (Phi) is 7.09. The van der Waals surface area contributed by atoms with Crippen LogP contribution in [0.25, 0.3) is 0 Å². The minimum absolute atomic E-state index is 0.342. The summed E-state index contributed by atoms with van der Waals surface area (Å²) in [5, 5.41) is 9.78. The van der Waals surface area contributed by atoms with Gasteiger partial charge in [-0.25, -0.2) is 9.59 Å². The Bertz CT molecular complexity index is 1160. The summed E-state index contributed by atoms with van der Waals surface area (Å²) in [4.78, 5) is 52.2. The Hall–Kier alpha value is -4.48. The minimum Gasteiger partial charge on any atom is -0.493 e. The average Bonchev–Trinajstić information content (AvgIpc) is 2.88. The Labute approximate surface area is 213 Å².